The molecule has 0 spiro atoms. The molecule has 108 valence electrons. The molecule has 0 saturated heterocycles. The van der Waals surface area contributed by atoms with Crippen molar-refractivity contribution in [3.8, 4) is 0 Å². The first-order valence-electron chi connectivity index (χ1n) is 6.69. The molecule has 3 aromatic rings. The van der Waals surface area contributed by atoms with Crippen molar-refractivity contribution in [3.63, 3.8) is 0 Å². The van der Waals surface area contributed by atoms with Crippen molar-refractivity contribution in [3.05, 3.63) is 52.2 Å². The summed E-state index contributed by atoms with van der Waals surface area (Å²) in [6.07, 6.45) is 0. The smallest absolute Gasteiger partial charge is 0.197 e. The molecule has 4 nitrogen and oxygen atoms in total. The predicted molar refractivity (Wildman–Crippen MR) is 87.1 cm³/mol. The van der Waals surface area contributed by atoms with Crippen molar-refractivity contribution in [2.75, 3.05) is 18.5 Å². The van der Waals surface area contributed by atoms with E-state index in [1.807, 2.05) is 30.3 Å². The van der Waals surface area contributed by atoms with E-state index in [4.69, 9.17) is 5.11 Å². The molecule has 0 aliphatic rings. The van der Waals surface area contributed by atoms with E-state index in [1.54, 1.807) is 6.07 Å². The molecule has 0 amide bonds. The van der Waals surface area contributed by atoms with E-state index in [0.29, 0.717) is 23.0 Å². The van der Waals surface area contributed by atoms with Gasteiger partial charge in [0, 0.05) is 27.0 Å². The molecule has 0 fully saturated rings. The normalized spacial score (nSPS) is 11.1. The average molecular weight is 301 g/mol. The number of aliphatic hydroxyl groups is 2. The Bertz CT molecular complexity index is 857. The van der Waals surface area contributed by atoms with Gasteiger partial charge in [-0.05, 0) is 23.8 Å². The zero-order valence-corrected chi connectivity index (χ0v) is 12.1. The van der Waals surface area contributed by atoms with Gasteiger partial charge in [0.15, 0.2) is 5.43 Å². The van der Waals surface area contributed by atoms with Crippen LogP contribution in [0.4, 0.5) is 5.69 Å². The summed E-state index contributed by atoms with van der Waals surface area (Å²) in [5.74, 6) is 0. The van der Waals surface area contributed by atoms with E-state index in [1.165, 1.54) is 11.3 Å². The van der Waals surface area contributed by atoms with Crippen LogP contribution in [-0.2, 0) is 6.61 Å². The van der Waals surface area contributed by atoms with Gasteiger partial charge >= 0.3 is 0 Å². The second-order valence-electron chi connectivity index (χ2n) is 4.71. The standard InChI is InChI=1S/C16H15NO3S/c18-8-7-17-12-6-5-10(9-19)16-14(12)15(20)11-3-1-2-4-13(11)21-16/h1-6,17-19H,7-9H2. The number of fused-ring (bicyclic) bond motifs is 2. The molecule has 0 unspecified atom stereocenters. The van der Waals surface area contributed by atoms with E-state index in [0.717, 1.165) is 15.0 Å². The van der Waals surface area contributed by atoms with E-state index in [9.17, 15) is 9.90 Å². The summed E-state index contributed by atoms with van der Waals surface area (Å²) >= 11 is 1.50. The Labute approximate surface area is 125 Å². The van der Waals surface area contributed by atoms with Crippen molar-refractivity contribution in [2.45, 2.75) is 6.61 Å². The summed E-state index contributed by atoms with van der Waals surface area (Å²) in [5, 5.41) is 22.8. The minimum atomic E-state index is -0.106. The fraction of sp³-hybridized carbons (Fsp3) is 0.188. The first-order valence-corrected chi connectivity index (χ1v) is 7.51. The van der Waals surface area contributed by atoms with Gasteiger partial charge in [-0.15, -0.1) is 11.3 Å². The molecule has 0 bridgehead atoms. The van der Waals surface area contributed by atoms with Crippen molar-refractivity contribution in [1.82, 2.24) is 0 Å². The maximum Gasteiger partial charge on any atom is 0.197 e. The molecule has 21 heavy (non-hydrogen) atoms. The Morgan fingerprint density at radius 3 is 2.67 bits per heavy atom. The van der Waals surface area contributed by atoms with Crippen molar-refractivity contribution in [2.24, 2.45) is 0 Å². The summed E-state index contributed by atoms with van der Waals surface area (Å²) < 4.78 is 1.70. The zero-order valence-electron chi connectivity index (χ0n) is 11.3. The van der Waals surface area contributed by atoms with Crippen LogP contribution in [0.1, 0.15) is 5.56 Å². The Balaban J connectivity index is 2.41. The molecule has 5 heteroatoms. The predicted octanol–water partition coefficient (Wildman–Crippen LogP) is 2.31. The highest BCUT2D eigenvalue weighted by Crippen LogP contribution is 2.31. The summed E-state index contributed by atoms with van der Waals surface area (Å²) in [6.45, 7) is 0.268. The minimum Gasteiger partial charge on any atom is -0.395 e. The number of aliphatic hydroxyl groups excluding tert-OH is 2. The lowest BCUT2D eigenvalue weighted by Crippen LogP contribution is -2.10. The SMILES string of the molecule is O=c1c2ccccc2sc2c(CO)ccc(NCCO)c12. The van der Waals surface area contributed by atoms with Crippen LogP contribution < -0.4 is 10.7 Å². The number of rotatable bonds is 4. The van der Waals surface area contributed by atoms with Gasteiger partial charge < -0.3 is 15.5 Å². The summed E-state index contributed by atoms with van der Waals surface area (Å²) in [5.41, 5.74) is 1.39. The first kappa shape index (κ1) is 14.0. The third kappa shape index (κ3) is 2.40. The number of hydrogen-bond donors (Lipinski definition) is 3. The molecule has 0 radical (unpaired) electrons. The van der Waals surface area contributed by atoms with Crippen LogP contribution in [0.3, 0.4) is 0 Å². The molecule has 3 N–H and O–H groups in total. The summed E-state index contributed by atoms with van der Waals surface area (Å²) in [4.78, 5) is 12.8. The number of hydrogen-bond acceptors (Lipinski definition) is 5. The zero-order chi connectivity index (χ0) is 14.8. The lowest BCUT2D eigenvalue weighted by Gasteiger charge is -2.11. The fourth-order valence-corrected chi connectivity index (χ4v) is 3.62. The molecular formula is C16H15NO3S. The highest BCUT2D eigenvalue weighted by molar-refractivity contribution is 7.24. The third-order valence-corrected chi connectivity index (χ3v) is 4.65. The van der Waals surface area contributed by atoms with Crippen LogP contribution >= 0.6 is 11.3 Å². The van der Waals surface area contributed by atoms with E-state index in [-0.39, 0.29) is 18.6 Å². The molecule has 2 aromatic carbocycles. The van der Waals surface area contributed by atoms with Crippen molar-refractivity contribution < 1.29 is 10.2 Å². The molecule has 0 aliphatic carbocycles. The highest BCUT2D eigenvalue weighted by Gasteiger charge is 2.12. The van der Waals surface area contributed by atoms with Gasteiger partial charge in [-0.25, -0.2) is 0 Å². The minimum absolute atomic E-state index is 0.00551. The summed E-state index contributed by atoms with van der Waals surface area (Å²) in [6, 6.07) is 11.1. The maximum atomic E-state index is 12.8. The molecular weight excluding hydrogens is 286 g/mol. The molecule has 1 aromatic heterocycles. The van der Waals surface area contributed by atoms with Gasteiger partial charge in [0.1, 0.15) is 0 Å². The Morgan fingerprint density at radius 1 is 1.10 bits per heavy atom. The van der Waals surface area contributed by atoms with Crippen molar-refractivity contribution in [1.29, 1.82) is 0 Å². The van der Waals surface area contributed by atoms with Gasteiger partial charge in [0.25, 0.3) is 0 Å². The number of anilines is 1. The second-order valence-corrected chi connectivity index (χ2v) is 5.76. The van der Waals surface area contributed by atoms with Crippen LogP contribution in [0, 0.1) is 0 Å². The second kappa shape index (κ2) is 5.81. The molecule has 0 aliphatic heterocycles. The van der Waals surface area contributed by atoms with Gasteiger partial charge in [-0.3, -0.25) is 4.79 Å². The molecule has 0 saturated carbocycles. The lowest BCUT2D eigenvalue weighted by molar-refractivity contribution is 0.283. The maximum absolute atomic E-state index is 12.8. The number of benzene rings is 2. The van der Waals surface area contributed by atoms with E-state index < -0.39 is 0 Å². The Morgan fingerprint density at radius 2 is 1.90 bits per heavy atom. The van der Waals surface area contributed by atoms with E-state index in [2.05, 4.69) is 5.32 Å². The Kier molecular flexibility index (Phi) is 3.88. The van der Waals surface area contributed by atoms with Gasteiger partial charge in [0.2, 0.25) is 0 Å². The van der Waals surface area contributed by atoms with Crippen LogP contribution in [0.25, 0.3) is 20.2 Å². The van der Waals surface area contributed by atoms with Gasteiger partial charge in [0.05, 0.1) is 18.6 Å². The molecule has 3 rings (SSSR count). The van der Waals surface area contributed by atoms with E-state index >= 15 is 0 Å². The molecule has 0 atom stereocenters. The van der Waals surface area contributed by atoms with Crippen LogP contribution in [0.15, 0.2) is 41.2 Å². The van der Waals surface area contributed by atoms with Crippen molar-refractivity contribution >= 4 is 37.2 Å². The third-order valence-electron chi connectivity index (χ3n) is 3.41. The fourth-order valence-electron chi connectivity index (χ4n) is 2.42. The van der Waals surface area contributed by atoms with Gasteiger partial charge in [-0.1, -0.05) is 18.2 Å². The quantitative estimate of drug-likeness (QED) is 0.647. The molecule has 1 heterocycles. The first-order chi connectivity index (χ1) is 10.3. The van der Waals surface area contributed by atoms with Crippen LogP contribution in [-0.4, -0.2) is 23.4 Å². The largest absolute Gasteiger partial charge is 0.395 e. The van der Waals surface area contributed by atoms with Crippen LogP contribution in [0.2, 0.25) is 0 Å². The number of nitrogens with one attached hydrogen (secondary N) is 1. The van der Waals surface area contributed by atoms with Crippen LogP contribution in [0.5, 0.6) is 0 Å². The topological polar surface area (TPSA) is 69.6 Å². The monoisotopic (exact) mass is 301 g/mol. The highest BCUT2D eigenvalue weighted by atomic mass is 32.1. The lowest BCUT2D eigenvalue weighted by atomic mass is 10.1. The van der Waals surface area contributed by atoms with Gasteiger partial charge in [-0.2, -0.15) is 0 Å². The average Bonchev–Trinajstić information content (AvgIpc) is 2.52. The summed E-state index contributed by atoms with van der Waals surface area (Å²) in [7, 11) is 0. The Hall–Kier alpha value is -1.95.